The molecule has 61 heavy (non-hydrogen) atoms. The molecule has 0 radical (unpaired) electrons. The number of hydrogen-bond acceptors (Lipinski definition) is 12. The molecule has 1 saturated carbocycles. The highest BCUT2D eigenvalue weighted by Gasteiger charge is 2.51. The van der Waals surface area contributed by atoms with E-state index in [1.165, 1.54) is 38.5 Å². The van der Waals surface area contributed by atoms with Gasteiger partial charge in [0.1, 0.15) is 43.2 Å². The SMILES string of the molecule is CCCCC/C=C\C/C=C\C/C=C\CCCCCCC(=O)O[C@H](COC(=O)CCCCCCC/C=C\C/C=C\CCCCC)COP(=O)(O)OC1C(O)C(O)C(O)[C@@H](O)C1O. The van der Waals surface area contributed by atoms with Crippen molar-refractivity contribution in [2.75, 3.05) is 13.2 Å². The minimum absolute atomic E-state index is 0.0654. The zero-order valence-corrected chi connectivity index (χ0v) is 38.1. The molecule has 0 heterocycles. The number of allylic oxidation sites excluding steroid dienone is 10. The number of phosphoric ester groups is 1. The van der Waals surface area contributed by atoms with Crippen LogP contribution in [0, 0.1) is 0 Å². The van der Waals surface area contributed by atoms with Gasteiger partial charge in [-0.2, -0.15) is 0 Å². The van der Waals surface area contributed by atoms with Gasteiger partial charge in [0.25, 0.3) is 0 Å². The standard InChI is InChI=1S/C47H81O13P/c1-3-5-7-9-11-13-15-17-19-20-22-24-26-28-30-32-34-36-41(49)59-39(38-58-61(55,56)60-47-45(53)43(51)42(50)44(52)46(47)54)37-57-40(48)35-33-31-29-27-25-23-21-18-16-14-12-10-8-6-4-2/h11-14,17-19,21-22,24,39,42-47,50-54H,3-10,15-16,20,23,25-38H2,1-2H3,(H,55,56)/b13-11-,14-12-,19-17-,21-18-,24-22-/t39-,42?,43-,44?,45?,46?,47?/m1/s1. The highest BCUT2D eigenvalue weighted by Crippen LogP contribution is 2.47. The van der Waals surface area contributed by atoms with Crippen molar-refractivity contribution in [3.63, 3.8) is 0 Å². The van der Waals surface area contributed by atoms with E-state index in [1.54, 1.807) is 0 Å². The van der Waals surface area contributed by atoms with E-state index in [0.717, 1.165) is 89.9 Å². The maximum Gasteiger partial charge on any atom is 0.472 e. The number of rotatable bonds is 37. The van der Waals surface area contributed by atoms with Gasteiger partial charge in [-0.3, -0.25) is 18.6 Å². The van der Waals surface area contributed by atoms with Crippen molar-refractivity contribution in [3.05, 3.63) is 60.8 Å². The van der Waals surface area contributed by atoms with Crippen LogP contribution in [-0.2, 0) is 32.7 Å². The summed E-state index contributed by atoms with van der Waals surface area (Å²) in [5.74, 6) is -1.14. The predicted octanol–water partition coefficient (Wildman–Crippen LogP) is 8.94. The van der Waals surface area contributed by atoms with E-state index in [0.29, 0.717) is 12.8 Å². The van der Waals surface area contributed by atoms with E-state index < -0.39 is 75.7 Å². The van der Waals surface area contributed by atoms with E-state index in [-0.39, 0.29) is 12.8 Å². The number of hydrogen-bond donors (Lipinski definition) is 6. The molecule has 6 unspecified atom stereocenters. The number of unbranched alkanes of at least 4 members (excludes halogenated alkanes) is 15. The predicted molar refractivity (Wildman–Crippen MR) is 239 cm³/mol. The molecule has 8 atom stereocenters. The first kappa shape index (κ1) is 56.6. The van der Waals surface area contributed by atoms with Crippen LogP contribution in [0.1, 0.15) is 168 Å². The van der Waals surface area contributed by atoms with Gasteiger partial charge in [-0.1, -0.05) is 132 Å². The molecule has 0 aromatic rings. The van der Waals surface area contributed by atoms with Crippen molar-refractivity contribution in [1.82, 2.24) is 0 Å². The second-order valence-corrected chi connectivity index (χ2v) is 17.3. The molecule has 1 aliphatic rings. The third-order valence-electron chi connectivity index (χ3n) is 10.3. The normalized spacial score (nSPS) is 22.6. The van der Waals surface area contributed by atoms with Crippen molar-refractivity contribution in [3.8, 4) is 0 Å². The lowest BCUT2D eigenvalue weighted by atomic mass is 9.85. The first-order chi connectivity index (χ1) is 29.4. The first-order valence-electron chi connectivity index (χ1n) is 23.1. The molecule has 0 saturated heterocycles. The van der Waals surface area contributed by atoms with Gasteiger partial charge in [0.05, 0.1) is 6.61 Å². The van der Waals surface area contributed by atoms with Gasteiger partial charge >= 0.3 is 19.8 Å². The molecule has 352 valence electrons. The Bertz CT molecular complexity index is 1300. The fraction of sp³-hybridized carbons (Fsp3) is 0.745. The van der Waals surface area contributed by atoms with Gasteiger partial charge in [-0.25, -0.2) is 4.57 Å². The van der Waals surface area contributed by atoms with Crippen LogP contribution in [-0.4, -0.2) is 98.3 Å². The van der Waals surface area contributed by atoms with Crippen molar-refractivity contribution in [2.24, 2.45) is 0 Å². The number of ether oxygens (including phenoxy) is 2. The lowest BCUT2D eigenvalue weighted by Gasteiger charge is -2.41. The summed E-state index contributed by atoms with van der Waals surface area (Å²) in [7, 11) is -5.13. The van der Waals surface area contributed by atoms with Gasteiger partial charge in [-0.15, -0.1) is 0 Å². The van der Waals surface area contributed by atoms with Crippen LogP contribution in [0.25, 0.3) is 0 Å². The minimum atomic E-state index is -5.13. The van der Waals surface area contributed by atoms with E-state index in [2.05, 4.69) is 74.6 Å². The van der Waals surface area contributed by atoms with Crippen molar-refractivity contribution >= 4 is 19.8 Å². The Morgan fingerprint density at radius 3 is 1.34 bits per heavy atom. The first-order valence-corrected chi connectivity index (χ1v) is 24.6. The molecule has 0 aliphatic heterocycles. The summed E-state index contributed by atoms with van der Waals surface area (Å²) in [5.41, 5.74) is 0. The molecule has 0 aromatic carbocycles. The fourth-order valence-corrected chi connectivity index (χ4v) is 7.53. The third kappa shape index (κ3) is 29.5. The van der Waals surface area contributed by atoms with Crippen molar-refractivity contribution < 1.29 is 63.1 Å². The smallest absolute Gasteiger partial charge is 0.462 e. The Morgan fingerprint density at radius 1 is 0.508 bits per heavy atom. The highest BCUT2D eigenvalue weighted by atomic mass is 31.2. The van der Waals surface area contributed by atoms with Crippen LogP contribution < -0.4 is 0 Å². The number of carbonyl (C=O) groups is 2. The molecule has 14 heteroatoms. The lowest BCUT2D eigenvalue weighted by molar-refractivity contribution is -0.220. The van der Waals surface area contributed by atoms with Crippen LogP contribution in [0.2, 0.25) is 0 Å². The molecule has 1 fully saturated rings. The largest absolute Gasteiger partial charge is 0.472 e. The number of carbonyl (C=O) groups excluding carboxylic acids is 2. The summed E-state index contributed by atoms with van der Waals surface area (Å²) in [6, 6.07) is 0. The maximum atomic E-state index is 12.8. The molecule has 0 spiro atoms. The Hall–Kier alpha value is -2.45. The molecular formula is C47H81O13P. The van der Waals surface area contributed by atoms with Gasteiger partial charge in [0.15, 0.2) is 6.10 Å². The molecule has 0 amide bonds. The van der Waals surface area contributed by atoms with Crippen LogP contribution in [0.3, 0.4) is 0 Å². The summed E-state index contributed by atoms with van der Waals surface area (Å²) < 4.78 is 33.5. The summed E-state index contributed by atoms with van der Waals surface area (Å²) in [6.45, 7) is 3.20. The zero-order valence-electron chi connectivity index (χ0n) is 37.2. The van der Waals surface area contributed by atoms with Gasteiger partial charge < -0.3 is 39.9 Å². The summed E-state index contributed by atoms with van der Waals surface area (Å²) in [5, 5.41) is 50.1. The topological polar surface area (TPSA) is 210 Å². The highest BCUT2D eigenvalue weighted by molar-refractivity contribution is 7.47. The number of aliphatic hydroxyl groups is 5. The number of esters is 2. The third-order valence-corrected chi connectivity index (χ3v) is 11.3. The quantitative estimate of drug-likeness (QED) is 0.0149. The van der Waals surface area contributed by atoms with Crippen molar-refractivity contribution in [2.45, 2.75) is 211 Å². The maximum absolute atomic E-state index is 12.8. The molecule has 0 bridgehead atoms. The minimum Gasteiger partial charge on any atom is -0.462 e. The van der Waals surface area contributed by atoms with E-state index in [1.807, 2.05) is 0 Å². The van der Waals surface area contributed by atoms with E-state index in [4.69, 9.17) is 18.5 Å². The van der Waals surface area contributed by atoms with Crippen LogP contribution in [0.4, 0.5) is 0 Å². The molecule has 0 aromatic heterocycles. The van der Waals surface area contributed by atoms with Gasteiger partial charge in [0.2, 0.25) is 0 Å². The van der Waals surface area contributed by atoms with E-state index in [9.17, 15) is 44.6 Å². The summed E-state index contributed by atoms with van der Waals surface area (Å²) in [6.07, 6.45) is 31.2. The Kier molecular flexibility index (Phi) is 34.3. The van der Waals surface area contributed by atoms with Gasteiger partial charge in [-0.05, 0) is 83.5 Å². The average molecular weight is 885 g/mol. The molecule has 6 N–H and O–H groups in total. The zero-order chi connectivity index (χ0) is 45.0. The van der Waals surface area contributed by atoms with Crippen LogP contribution in [0.15, 0.2) is 60.8 Å². The van der Waals surface area contributed by atoms with Gasteiger partial charge in [0, 0.05) is 12.8 Å². The van der Waals surface area contributed by atoms with Crippen LogP contribution in [0.5, 0.6) is 0 Å². The van der Waals surface area contributed by atoms with E-state index >= 15 is 0 Å². The second-order valence-electron chi connectivity index (χ2n) is 15.9. The monoisotopic (exact) mass is 885 g/mol. The summed E-state index contributed by atoms with van der Waals surface area (Å²) >= 11 is 0. The number of phosphoric acid groups is 1. The Morgan fingerprint density at radius 2 is 0.885 bits per heavy atom. The molecule has 13 nitrogen and oxygen atoms in total. The van der Waals surface area contributed by atoms with Crippen molar-refractivity contribution in [1.29, 1.82) is 0 Å². The lowest BCUT2D eigenvalue weighted by Crippen LogP contribution is -2.64. The molecule has 1 aliphatic carbocycles. The molecular weight excluding hydrogens is 803 g/mol. The Labute approximate surface area is 366 Å². The fourth-order valence-electron chi connectivity index (χ4n) is 6.56. The Balaban J connectivity index is 2.50. The molecule has 1 rings (SSSR count). The average Bonchev–Trinajstić information content (AvgIpc) is 3.24. The summed E-state index contributed by atoms with van der Waals surface area (Å²) in [4.78, 5) is 35.7. The van der Waals surface area contributed by atoms with Crippen LogP contribution >= 0.6 is 7.82 Å². The second kappa shape index (κ2) is 37.0. The number of aliphatic hydroxyl groups excluding tert-OH is 5.